The number of anilines is 3. The van der Waals surface area contributed by atoms with E-state index in [9.17, 15) is 0 Å². The average molecular weight is 610 g/mol. The lowest BCUT2D eigenvalue weighted by Crippen LogP contribution is -2.28. The zero-order valence-corrected chi connectivity index (χ0v) is 25.7. The maximum absolute atomic E-state index is 6.61. The molecule has 1 aromatic heterocycles. The van der Waals surface area contributed by atoms with E-state index in [4.69, 9.17) is 16.0 Å². The molecule has 0 bridgehead atoms. The number of para-hydroxylation sites is 1. The van der Waals surface area contributed by atoms with Crippen LogP contribution in [0.5, 0.6) is 0 Å². The number of fused-ring (bicyclic) bond motifs is 6. The van der Waals surface area contributed by atoms with Gasteiger partial charge < -0.3 is 9.32 Å². The third-order valence-corrected chi connectivity index (χ3v) is 9.62. The lowest BCUT2D eigenvalue weighted by molar-refractivity contribution is 0.669. The second kappa shape index (κ2) is 10.5. The van der Waals surface area contributed by atoms with Crippen LogP contribution in [0, 0.1) is 0 Å². The van der Waals surface area contributed by atoms with Crippen LogP contribution in [0.15, 0.2) is 174 Å². The van der Waals surface area contributed by atoms with Gasteiger partial charge in [0.05, 0.1) is 5.41 Å². The predicted molar refractivity (Wildman–Crippen MR) is 191 cm³/mol. The summed E-state index contributed by atoms with van der Waals surface area (Å²) < 4.78 is 6.18. The highest BCUT2D eigenvalue weighted by atomic mass is 35.5. The highest BCUT2D eigenvalue weighted by molar-refractivity contribution is 6.30. The minimum Gasteiger partial charge on any atom is -0.456 e. The van der Waals surface area contributed by atoms with Crippen LogP contribution >= 0.6 is 11.6 Å². The summed E-state index contributed by atoms with van der Waals surface area (Å²) in [6.45, 7) is 0. The molecule has 218 valence electrons. The Hall–Kier alpha value is -5.57. The van der Waals surface area contributed by atoms with Crippen molar-refractivity contribution in [2.75, 3.05) is 4.90 Å². The van der Waals surface area contributed by atoms with Crippen LogP contribution in [0.1, 0.15) is 22.3 Å². The van der Waals surface area contributed by atoms with Gasteiger partial charge >= 0.3 is 0 Å². The highest BCUT2D eigenvalue weighted by Crippen LogP contribution is 2.57. The molecule has 3 heteroatoms. The molecule has 0 saturated heterocycles. The van der Waals surface area contributed by atoms with Crippen LogP contribution < -0.4 is 4.90 Å². The van der Waals surface area contributed by atoms with Gasteiger partial charge in [0.2, 0.25) is 0 Å². The van der Waals surface area contributed by atoms with Crippen molar-refractivity contribution in [2.45, 2.75) is 5.41 Å². The van der Waals surface area contributed by atoms with Gasteiger partial charge in [-0.15, -0.1) is 0 Å². The summed E-state index contributed by atoms with van der Waals surface area (Å²) in [7, 11) is 0. The van der Waals surface area contributed by atoms with Crippen LogP contribution in [0.25, 0.3) is 33.1 Å². The summed E-state index contributed by atoms with van der Waals surface area (Å²) >= 11 is 6.61. The summed E-state index contributed by atoms with van der Waals surface area (Å²) in [5.74, 6) is 0. The van der Waals surface area contributed by atoms with Crippen molar-refractivity contribution in [3.8, 4) is 11.1 Å². The summed E-state index contributed by atoms with van der Waals surface area (Å²) in [5.41, 5.74) is 11.9. The van der Waals surface area contributed by atoms with Gasteiger partial charge in [0.15, 0.2) is 0 Å². The number of rotatable bonds is 5. The fourth-order valence-electron chi connectivity index (χ4n) is 7.49. The van der Waals surface area contributed by atoms with Gasteiger partial charge in [-0.3, -0.25) is 0 Å². The lowest BCUT2D eigenvalue weighted by atomic mass is 9.68. The largest absolute Gasteiger partial charge is 0.456 e. The molecule has 1 aliphatic carbocycles. The van der Waals surface area contributed by atoms with E-state index in [1.54, 1.807) is 0 Å². The van der Waals surface area contributed by atoms with E-state index in [0.717, 1.165) is 39.0 Å². The molecule has 2 nitrogen and oxygen atoms in total. The number of hydrogen-bond acceptors (Lipinski definition) is 2. The fraction of sp³-hybridized carbons (Fsp3) is 0.0233. The highest BCUT2D eigenvalue weighted by Gasteiger charge is 2.46. The van der Waals surface area contributed by atoms with Gasteiger partial charge in [-0.25, -0.2) is 0 Å². The first-order valence-corrected chi connectivity index (χ1v) is 15.9. The number of hydrogen-bond donors (Lipinski definition) is 0. The smallest absolute Gasteiger partial charge is 0.135 e. The van der Waals surface area contributed by atoms with E-state index in [1.807, 2.05) is 30.3 Å². The van der Waals surface area contributed by atoms with Gasteiger partial charge in [0, 0.05) is 32.9 Å². The van der Waals surface area contributed by atoms with E-state index in [-0.39, 0.29) is 0 Å². The number of benzene rings is 7. The zero-order chi connectivity index (χ0) is 30.7. The van der Waals surface area contributed by atoms with Gasteiger partial charge in [0.25, 0.3) is 0 Å². The van der Waals surface area contributed by atoms with E-state index in [0.29, 0.717) is 5.02 Å². The first-order chi connectivity index (χ1) is 22.7. The first kappa shape index (κ1) is 26.8. The Morgan fingerprint density at radius 3 is 1.83 bits per heavy atom. The molecule has 0 spiro atoms. The van der Waals surface area contributed by atoms with Crippen LogP contribution in [0.3, 0.4) is 0 Å². The minimum absolute atomic E-state index is 0.442. The van der Waals surface area contributed by atoms with Gasteiger partial charge in [0.1, 0.15) is 11.2 Å². The quantitative estimate of drug-likeness (QED) is 0.193. The third kappa shape index (κ3) is 3.97. The standard InChI is InChI=1S/C43H28ClNO/c44-31-16-11-17-32(26-31)45(34-23-25-42-38(28-34)36-19-8-10-21-41(36)46-42)33-22-24-40-37(27-33)35-18-7-9-20-39(35)43(40,29-12-3-1-4-13-29)30-14-5-2-6-15-30/h1-28H. The Morgan fingerprint density at radius 1 is 0.435 bits per heavy atom. The van der Waals surface area contributed by atoms with Crippen molar-refractivity contribution in [1.29, 1.82) is 0 Å². The van der Waals surface area contributed by atoms with Crippen LogP contribution in [0.4, 0.5) is 17.1 Å². The van der Waals surface area contributed by atoms with E-state index >= 15 is 0 Å². The summed E-state index contributed by atoms with van der Waals surface area (Å²) in [4.78, 5) is 2.29. The molecule has 0 atom stereocenters. The molecule has 9 rings (SSSR count). The number of nitrogens with zero attached hydrogens (tertiary/aromatic N) is 1. The monoisotopic (exact) mass is 609 g/mol. The predicted octanol–water partition coefficient (Wildman–Crippen LogP) is 12.1. The molecule has 46 heavy (non-hydrogen) atoms. The average Bonchev–Trinajstić information content (AvgIpc) is 3.63. The molecule has 0 N–H and O–H groups in total. The zero-order valence-electron chi connectivity index (χ0n) is 24.9. The molecule has 7 aromatic carbocycles. The van der Waals surface area contributed by atoms with E-state index in [1.165, 1.54) is 33.4 Å². The SMILES string of the molecule is Clc1cccc(N(c2ccc3c(c2)-c2ccccc2C3(c2ccccc2)c2ccccc2)c2ccc3oc4ccccc4c3c2)c1. The Balaban J connectivity index is 1.31. The molecule has 0 radical (unpaired) electrons. The van der Waals surface area contributed by atoms with Crippen LogP contribution in [0.2, 0.25) is 5.02 Å². The van der Waals surface area contributed by atoms with Crippen molar-refractivity contribution in [3.05, 3.63) is 197 Å². The van der Waals surface area contributed by atoms with Gasteiger partial charge in [-0.05, 0) is 88.0 Å². The van der Waals surface area contributed by atoms with E-state index in [2.05, 4.69) is 144 Å². The molecular weight excluding hydrogens is 582 g/mol. The molecule has 1 heterocycles. The third-order valence-electron chi connectivity index (χ3n) is 9.39. The molecule has 0 fully saturated rings. The normalized spacial score (nSPS) is 13.1. The summed E-state index contributed by atoms with van der Waals surface area (Å²) in [5, 5.41) is 2.87. The molecule has 1 aliphatic rings. The maximum atomic E-state index is 6.61. The van der Waals surface area contributed by atoms with Crippen molar-refractivity contribution in [2.24, 2.45) is 0 Å². The number of halogens is 1. The van der Waals surface area contributed by atoms with Crippen LogP contribution in [-0.2, 0) is 5.41 Å². The molecular formula is C43H28ClNO. The second-order valence-corrected chi connectivity index (χ2v) is 12.3. The maximum Gasteiger partial charge on any atom is 0.135 e. The Kier molecular flexibility index (Phi) is 6.12. The van der Waals surface area contributed by atoms with Crippen LogP contribution in [-0.4, -0.2) is 0 Å². The van der Waals surface area contributed by atoms with Gasteiger partial charge in [-0.1, -0.05) is 127 Å². The molecule has 8 aromatic rings. The second-order valence-electron chi connectivity index (χ2n) is 11.9. The summed E-state index contributed by atoms with van der Waals surface area (Å²) in [6.07, 6.45) is 0. The molecule has 0 unspecified atom stereocenters. The van der Waals surface area contributed by atoms with Crippen molar-refractivity contribution >= 4 is 50.6 Å². The molecule has 0 aliphatic heterocycles. The molecule has 0 saturated carbocycles. The first-order valence-electron chi connectivity index (χ1n) is 15.5. The Bertz CT molecular complexity index is 2350. The fourth-order valence-corrected chi connectivity index (χ4v) is 7.68. The lowest BCUT2D eigenvalue weighted by Gasteiger charge is -2.34. The number of furan rings is 1. The Labute approximate surface area is 272 Å². The Morgan fingerprint density at radius 2 is 1.04 bits per heavy atom. The summed E-state index contributed by atoms with van der Waals surface area (Å²) in [6, 6.07) is 60.3. The van der Waals surface area contributed by atoms with Crippen molar-refractivity contribution < 1.29 is 4.42 Å². The minimum atomic E-state index is -0.442. The van der Waals surface area contributed by atoms with Crippen molar-refractivity contribution in [1.82, 2.24) is 0 Å². The molecule has 0 amide bonds. The topological polar surface area (TPSA) is 16.4 Å². The van der Waals surface area contributed by atoms with Crippen molar-refractivity contribution in [3.63, 3.8) is 0 Å². The van der Waals surface area contributed by atoms with E-state index < -0.39 is 5.41 Å². The van der Waals surface area contributed by atoms with Gasteiger partial charge in [-0.2, -0.15) is 0 Å².